The first-order chi connectivity index (χ1) is 7.49. The van der Waals surface area contributed by atoms with Gasteiger partial charge in [0, 0.05) is 0 Å². The van der Waals surface area contributed by atoms with Crippen LogP contribution in [0.4, 0.5) is 0 Å². The van der Waals surface area contributed by atoms with Crippen LogP contribution in [0.3, 0.4) is 0 Å². The Morgan fingerprint density at radius 2 is 2.25 bits per heavy atom. The van der Waals surface area contributed by atoms with E-state index in [1.165, 1.54) is 0 Å². The minimum atomic E-state index is -0.751. The van der Waals surface area contributed by atoms with Gasteiger partial charge in [0.25, 0.3) is 0 Å². The first kappa shape index (κ1) is 11.1. The van der Waals surface area contributed by atoms with E-state index in [2.05, 4.69) is 0 Å². The molecule has 0 aromatic heterocycles. The molecule has 0 fully saturated rings. The molecule has 16 heavy (non-hydrogen) atoms. The fourth-order valence-electron chi connectivity index (χ4n) is 1.73. The zero-order valence-electron chi connectivity index (χ0n) is 9.45. The molecule has 1 aromatic rings. The molecule has 1 atom stereocenters. The van der Waals surface area contributed by atoms with Crippen LogP contribution in [-0.4, -0.2) is 27.2 Å². The monoisotopic (exact) mass is 219 g/mol. The van der Waals surface area contributed by atoms with Gasteiger partial charge in [0.05, 0.1) is 15.0 Å². The second kappa shape index (κ2) is 3.90. The van der Waals surface area contributed by atoms with E-state index in [0.29, 0.717) is 23.7 Å². The van der Waals surface area contributed by atoms with Crippen molar-refractivity contribution in [1.29, 1.82) is 0 Å². The molecule has 1 heterocycles. The number of nitrogens with two attached hydrogens (primary N) is 1. The second-order valence-electron chi connectivity index (χ2n) is 4.21. The van der Waals surface area contributed by atoms with Crippen LogP contribution >= 0.6 is 0 Å². The van der Waals surface area contributed by atoms with Crippen molar-refractivity contribution in [1.82, 2.24) is 0 Å². The van der Waals surface area contributed by atoms with E-state index >= 15 is 0 Å². The Labute approximate surface area is 96.1 Å². The zero-order valence-corrected chi connectivity index (χ0v) is 9.45. The highest BCUT2D eigenvalue weighted by Crippen LogP contribution is 2.42. The molecule has 0 aliphatic carbocycles. The normalized spacial score (nSPS) is 16.9. The molecule has 2 radical (unpaired) electrons. The van der Waals surface area contributed by atoms with Crippen molar-refractivity contribution in [3.63, 3.8) is 0 Å². The molecule has 1 aliphatic heterocycles. The van der Waals surface area contributed by atoms with E-state index in [4.69, 9.17) is 27.8 Å². The fraction of sp³-hybridized carbons (Fsp3) is 0.455. The Balaban J connectivity index is 2.35. The molecule has 4 nitrogen and oxygen atoms in total. The van der Waals surface area contributed by atoms with Gasteiger partial charge in [-0.25, -0.2) is 0 Å². The number of hydrogen-bond acceptors (Lipinski definition) is 4. The average molecular weight is 219 g/mol. The maximum Gasteiger partial charge on any atom is 0.231 e. The first-order valence-corrected chi connectivity index (χ1v) is 5.04. The maximum absolute atomic E-state index is 5.77. The topological polar surface area (TPSA) is 53.7 Å². The van der Waals surface area contributed by atoms with Crippen molar-refractivity contribution in [3.05, 3.63) is 17.7 Å². The lowest BCUT2D eigenvalue weighted by atomic mass is 9.76. The van der Waals surface area contributed by atoms with E-state index in [0.717, 1.165) is 5.56 Å². The van der Waals surface area contributed by atoms with Crippen LogP contribution in [0.15, 0.2) is 12.1 Å². The third-order valence-corrected chi connectivity index (χ3v) is 2.30. The molecule has 1 unspecified atom stereocenters. The van der Waals surface area contributed by atoms with Crippen LogP contribution in [0.25, 0.3) is 0 Å². The maximum atomic E-state index is 5.77. The zero-order chi connectivity index (χ0) is 11.8. The number of hydrogen-bond donors (Lipinski definition) is 1. The van der Waals surface area contributed by atoms with Gasteiger partial charge < -0.3 is 19.9 Å². The van der Waals surface area contributed by atoms with E-state index in [1.54, 1.807) is 14.0 Å². The van der Waals surface area contributed by atoms with Gasteiger partial charge in [0.15, 0.2) is 11.5 Å². The highest BCUT2D eigenvalue weighted by molar-refractivity contribution is 6.14. The summed E-state index contributed by atoms with van der Waals surface area (Å²) < 4.78 is 15.8. The molecule has 0 saturated heterocycles. The van der Waals surface area contributed by atoms with Crippen molar-refractivity contribution in [2.24, 2.45) is 5.73 Å². The average Bonchev–Trinajstić information content (AvgIpc) is 2.61. The summed E-state index contributed by atoms with van der Waals surface area (Å²) in [5.41, 5.74) is 5.98. The summed E-state index contributed by atoms with van der Waals surface area (Å²) >= 11 is 0. The standard InChI is InChI=1S/C11H14BNO3/c1-11(12,13)5-7-3-8(14-2)10-9(4-7)15-6-16-10/h3-4H,5-6,13H2,1-2H3. The van der Waals surface area contributed by atoms with Gasteiger partial charge in [0.2, 0.25) is 12.5 Å². The predicted octanol–water partition coefficient (Wildman–Crippen LogP) is 0.810. The quantitative estimate of drug-likeness (QED) is 0.764. The van der Waals surface area contributed by atoms with Gasteiger partial charge in [0.1, 0.15) is 0 Å². The smallest absolute Gasteiger partial charge is 0.231 e. The lowest BCUT2D eigenvalue weighted by Gasteiger charge is -2.19. The highest BCUT2D eigenvalue weighted by Gasteiger charge is 2.21. The third kappa shape index (κ3) is 2.24. The Hall–Kier alpha value is -1.36. The molecule has 2 rings (SSSR count). The van der Waals surface area contributed by atoms with Crippen molar-refractivity contribution >= 4 is 7.85 Å². The second-order valence-corrected chi connectivity index (χ2v) is 4.21. The lowest BCUT2D eigenvalue weighted by Crippen LogP contribution is -2.38. The van der Waals surface area contributed by atoms with E-state index < -0.39 is 5.44 Å². The molecular weight excluding hydrogens is 205 g/mol. The summed E-state index contributed by atoms with van der Waals surface area (Å²) in [6.07, 6.45) is 0.542. The number of methoxy groups -OCH3 is 1. The summed E-state index contributed by atoms with van der Waals surface area (Å²) in [4.78, 5) is 0. The molecule has 2 N–H and O–H groups in total. The summed E-state index contributed by atoms with van der Waals surface area (Å²) in [7, 11) is 7.36. The van der Waals surface area contributed by atoms with Gasteiger partial charge in [-0.05, 0) is 29.6 Å². The van der Waals surface area contributed by atoms with Crippen molar-refractivity contribution < 1.29 is 14.2 Å². The Morgan fingerprint density at radius 3 is 2.88 bits per heavy atom. The Kier molecular flexibility index (Phi) is 2.72. The number of rotatable bonds is 3. The van der Waals surface area contributed by atoms with Gasteiger partial charge >= 0.3 is 0 Å². The molecule has 5 heteroatoms. The van der Waals surface area contributed by atoms with Crippen LogP contribution in [0, 0.1) is 0 Å². The molecule has 1 aromatic carbocycles. The third-order valence-electron chi connectivity index (χ3n) is 2.30. The van der Waals surface area contributed by atoms with Crippen molar-refractivity contribution in [2.75, 3.05) is 13.9 Å². The summed E-state index contributed by atoms with van der Waals surface area (Å²) in [6, 6.07) is 3.74. The van der Waals surface area contributed by atoms with Crippen LogP contribution in [-0.2, 0) is 6.42 Å². The van der Waals surface area contributed by atoms with Crippen LogP contribution in [0.5, 0.6) is 17.2 Å². The summed E-state index contributed by atoms with van der Waals surface area (Å²) in [5.74, 6) is 1.97. The van der Waals surface area contributed by atoms with Crippen LogP contribution < -0.4 is 19.9 Å². The molecule has 0 amide bonds. The molecule has 1 aliphatic rings. The van der Waals surface area contributed by atoms with E-state index in [9.17, 15) is 0 Å². The van der Waals surface area contributed by atoms with Gasteiger partial charge in [-0.3, -0.25) is 0 Å². The van der Waals surface area contributed by atoms with E-state index in [1.807, 2.05) is 12.1 Å². The van der Waals surface area contributed by atoms with Gasteiger partial charge in [-0.2, -0.15) is 0 Å². The summed E-state index contributed by atoms with van der Waals surface area (Å²) in [6.45, 7) is 1.99. The SMILES string of the molecule is [B]C(C)(N)Cc1cc(OC)c2c(c1)OCO2. The molecule has 0 spiro atoms. The number of fused-ring (bicyclic) bond motifs is 1. The highest BCUT2D eigenvalue weighted by atomic mass is 16.7. The summed E-state index contributed by atoms with van der Waals surface area (Å²) in [5, 5.41) is 0. The number of benzene rings is 1. The van der Waals surface area contributed by atoms with Crippen molar-refractivity contribution in [2.45, 2.75) is 18.8 Å². The van der Waals surface area contributed by atoms with Crippen LogP contribution in [0.1, 0.15) is 12.5 Å². The lowest BCUT2D eigenvalue weighted by molar-refractivity contribution is 0.171. The largest absolute Gasteiger partial charge is 0.493 e. The van der Waals surface area contributed by atoms with Gasteiger partial charge in [-0.15, -0.1) is 0 Å². The predicted molar refractivity (Wildman–Crippen MR) is 61.2 cm³/mol. The van der Waals surface area contributed by atoms with Crippen molar-refractivity contribution in [3.8, 4) is 17.2 Å². The van der Waals surface area contributed by atoms with Crippen LogP contribution in [0.2, 0.25) is 0 Å². The minimum absolute atomic E-state index is 0.220. The van der Waals surface area contributed by atoms with Gasteiger partial charge in [-0.1, -0.05) is 6.92 Å². The number of ether oxygens (including phenoxy) is 3. The van der Waals surface area contributed by atoms with E-state index in [-0.39, 0.29) is 6.79 Å². The molecule has 84 valence electrons. The molecule has 0 saturated carbocycles. The minimum Gasteiger partial charge on any atom is -0.493 e. The fourth-order valence-corrected chi connectivity index (χ4v) is 1.73. The first-order valence-electron chi connectivity index (χ1n) is 5.04. The molecule has 0 bridgehead atoms. The Morgan fingerprint density at radius 1 is 1.50 bits per heavy atom. The molecular formula is C11H14BNO3. The Bertz CT molecular complexity index is 401.